The summed E-state index contributed by atoms with van der Waals surface area (Å²) >= 11 is 0. The standard InChI is InChI=1S/C24H25FN2O5S/c1-27(33(29,30)23-13-11-21(31-2)12-14-23)16-24(28)26-15-18-5-9-22(10-6-18)32-17-19-3-7-20(25)8-4-19/h3-14H,15-17H2,1-2H3,(H,26,28). The van der Waals surface area contributed by atoms with Crippen molar-refractivity contribution in [2.24, 2.45) is 0 Å². The molecule has 0 aliphatic heterocycles. The second kappa shape index (κ2) is 10.9. The predicted molar refractivity (Wildman–Crippen MR) is 122 cm³/mol. The second-order valence-corrected chi connectivity index (χ2v) is 9.32. The van der Waals surface area contributed by atoms with Crippen molar-refractivity contribution in [3.63, 3.8) is 0 Å². The minimum Gasteiger partial charge on any atom is -0.497 e. The van der Waals surface area contributed by atoms with Crippen molar-refractivity contribution >= 4 is 15.9 Å². The first-order valence-electron chi connectivity index (χ1n) is 10.1. The van der Waals surface area contributed by atoms with E-state index in [9.17, 15) is 17.6 Å². The van der Waals surface area contributed by atoms with E-state index in [0.29, 0.717) is 18.1 Å². The third-order valence-corrected chi connectivity index (χ3v) is 6.68. The van der Waals surface area contributed by atoms with Gasteiger partial charge in [-0.1, -0.05) is 24.3 Å². The van der Waals surface area contributed by atoms with Crippen molar-refractivity contribution in [1.29, 1.82) is 0 Å². The highest BCUT2D eigenvalue weighted by Gasteiger charge is 2.22. The molecule has 3 aromatic rings. The summed E-state index contributed by atoms with van der Waals surface area (Å²) in [4.78, 5) is 12.3. The first-order chi connectivity index (χ1) is 15.8. The summed E-state index contributed by atoms with van der Waals surface area (Å²) in [5.41, 5.74) is 1.68. The van der Waals surface area contributed by atoms with Crippen molar-refractivity contribution in [3.8, 4) is 11.5 Å². The highest BCUT2D eigenvalue weighted by Crippen LogP contribution is 2.18. The van der Waals surface area contributed by atoms with Gasteiger partial charge in [-0.15, -0.1) is 0 Å². The van der Waals surface area contributed by atoms with Gasteiger partial charge in [0.25, 0.3) is 0 Å². The van der Waals surface area contributed by atoms with E-state index in [1.807, 2.05) is 0 Å². The lowest BCUT2D eigenvalue weighted by atomic mass is 10.2. The Labute approximate surface area is 192 Å². The molecule has 0 aliphatic carbocycles. The topological polar surface area (TPSA) is 84.9 Å². The van der Waals surface area contributed by atoms with Gasteiger partial charge in [0.15, 0.2) is 0 Å². The number of nitrogens with zero attached hydrogens (tertiary/aromatic N) is 1. The number of halogens is 1. The van der Waals surface area contributed by atoms with E-state index < -0.39 is 15.9 Å². The number of likely N-dealkylation sites (N-methyl/N-ethyl adjacent to an activating group) is 1. The highest BCUT2D eigenvalue weighted by atomic mass is 32.2. The Bertz CT molecular complexity index is 1160. The van der Waals surface area contributed by atoms with E-state index in [4.69, 9.17) is 9.47 Å². The number of sulfonamides is 1. The minimum absolute atomic E-state index is 0.0785. The molecule has 0 spiro atoms. The van der Waals surface area contributed by atoms with Gasteiger partial charge >= 0.3 is 0 Å². The van der Waals surface area contributed by atoms with Crippen molar-refractivity contribution < 1.29 is 27.1 Å². The van der Waals surface area contributed by atoms with Crippen LogP contribution in [0.1, 0.15) is 11.1 Å². The SMILES string of the molecule is COc1ccc(S(=O)(=O)N(C)CC(=O)NCc2ccc(OCc3ccc(F)cc3)cc2)cc1. The molecule has 0 unspecified atom stereocenters. The third kappa shape index (κ3) is 6.77. The first-order valence-corrected chi connectivity index (χ1v) is 11.6. The summed E-state index contributed by atoms with van der Waals surface area (Å²) in [6, 6.07) is 19.2. The summed E-state index contributed by atoms with van der Waals surface area (Å²) in [5, 5.41) is 2.71. The average Bonchev–Trinajstić information content (AvgIpc) is 2.83. The third-order valence-electron chi connectivity index (χ3n) is 4.87. The van der Waals surface area contributed by atoms with Crippen LogP contribution in [0.2, 0.25) is 0 Å². The number of amides is 1. The number of methoxy groups -OCH3 is 1. The molecule has 0 fully saturated rings. The van der Waals surface area contributed by atoms with Gasteiger partial charge in [0, 0.05) is 13.6 Å². The van der Waals surface area contributed by atoms with Crippen LogP contribution >= 0.6 is 0 Å². The predicted octanol–water partition coefficient (Wildman–Crippen LogP) is 3.35. The molecular formula is C24H25FN2O5S. The largest absolute Gasteiger partial charge is 0.497 e. The Morgan fingerprint density at radius 1 is 0.909 bits per heavy atom. The van der Waals surface area contributed by atoms with Crippen molar-refractivity contribution in [2.45, 2.75) is 18.0 Å². The molecule has 0 atom stereocenters. The van der Waals surface area contributed by atoms with Gasteiger partial charge < -0.3 is 14.8 Å². The van der Waals surface area contributed by atoms with Crippen molar-refractivity contribution in [3.05, 3.63) is 89.7 Å². The van der Waals surface area contributed by atoms with Gasteiger partial charge in [-0.25, -0.2) is 12.8 Å². The molecule has 0 aliphatic rings. The van der Waals surface area contributed by atoms with E-state index in [1.54, 1.807) is 48.5 Å². The number of ether oxygens (including phenoxy) is 2. The van der Waals surface area contributed by atoms with Crippen LogP contribution in [0.25, 0.3) is 0 Å². The summed E-state index contributed by atoms with van der Waals surface area (Å²) in [5.74, 6) is 0.460. The van der Waals surface area contributed by atoms with Gasteiger partial charge in [0.05, 0.1) is 18.6 Å². The zero-order chi connectivity index (χ0) is 23.8. The molecule has 9 heteroatoms. The van der Waals surface area contributed by atoms with Crippen LogP contribution in [0.3, 0.4) is 0 Å². The fraction of sp³-hybridized carbons (Fsp3) is 0.208. The number of rotatable bonds is 10. The number of hydrogen-bond donors (Lipinski definition) is 1. The smallest absolute Gasteiger partial charge is 0.243 e. The second-order valence-electron chi connectivity index (χ2n) is 7.27. The molecule has 1 N–H and O–H groups in total. The van der Waals surface area contributed by atoms with Gasteiger partial charge in [0.2, 0.25) is 15.9 Å². The molecule has 1 amide bonds. The number of carbonyl (C=O) groups is 1. The van der Waals surface area contributed by atoms with Crippen LogP contribution in [0, 0.1) is 5.82 Å². The van der Waals surface area contributed by atoms with Gasteiger partial charge in [-0.05, 0) is 59.7 Å². The summed E-state index contributed by atoms with van der Waals surface area (Å²) < 4.78 is 49.9. The molecule has 0 bridgehead atoms. The molecule has 3 aromatic carbocycles. The van der Waals surface area contributed by atoms with Crippen molar-refractivity contribution in [1.82, 2.24) is 9.62 Å². The molecule has 174 valence electrons. The van der Waals surface area contributed by atoms with Crippen LogP contribution in [0.5, 0.6) is 11.5 Å². The minimum atomic E-state index is -3.80. The maximum absolute atomic E-state index is 12.9. The Balaban J connectivity index is 1.48. The maximum atomic E-state index is 12.9. The average molecular weight is 473 g/mol. The summed E-state index contributed by atoms with van der Waals surface area (Å²) in [6.45, 7) is 0.242. The Kier molecular flexibility index (Phi) is 8.02. The summed E-state index contributed by atoms with van der Waals surface area (Å²) in [7, 11) is -0.952. The fourth-order valence-corrected chi connectivity index (χ4v) is 4.05. The highest BCUT2D eigenvalue weighted by molar-refractivity contribution is 7.89. The van der Waals surface area contributed by atoms with Crippen molar-refractivity contribution in [2.75, 3.05) is 20.7 Å². The number of benzene rings is 3. The van der Waals surface area contributed by atoms with Crippen LogP contribution < -0.4 is 14.8 Å². The zero-order valence-electron chi connectivity index (χ0n) is 18.3. The van der Waals surface area contributed by atoms with E-state index >= 15 is 0 Å². The molecule has 7 nitrogen and oxygen atoms in total. The van der Waals surface area contributed by atoms with Crippen LogP contribution in [0.4, 0.5) is 4.39 Å². The first kappa shape index (κ1) is 24.2. The quantitative estimate of drug-likeness (QED) is 0.489. The molecule has 33 heavy (non-hydrogen) atoms. The lowest BCUT2D eigenvalue weighted by Crippen LogP contribution is -2.38. The van der Waals surface area contributed by atoms with Crippen LogP contribution in [-0.2, 0) is 28.0 Å². The molecule has 0 saturated heterocycles. The molecule has 0 radical (unpaired) electrons. The Morgan fingerprint density at radius 3 is 2.09 bits per heavy atom. The maximum Gasteiger partial charge on any atom is 0.243 e. The monoisotopic (exact) mass is 472 g/mol. The molecule has 0 heterocycles. The zero-order valence-corrected chi connectivity index (χ0v) is 19.1. The Hall–Kier alpha value is -3.43. The number of nitrogens with one attached hydrogen (secondary N) is 1. The lowest BCUT2D eigenvalue weighted by Gasteiger charge is -2.17. The molecule has 3 rings (SSSR count). The molecule has 0 saturated carbocycles. The van der Waals surface area contributed by atoms with E-state index in [0.717, 1.165) is 15.4 Å². The number of hydrogen-bond acceptors (Lipinski definition) is 5. The van der Waals surface area contributed by atoms with E-state index in [2.05, 4.69) is 5.32 Å². The molecule has 0 aromatic heterocycles. The van der Waals surface area contributed by atoms with Gasteiger partial charge in [0.1, 0.15) is 23.9 Å². The van der Waals surface area contributed by atoms with E-state index in [-0.39, 0.29) is 23.8 Å². The van der Waals surface area contributed by atoms with Crippen LogP contribution in [-0.4, -0.2) is 39.3 Å². The van der Waals surface area contributed by atoms with Gasteiger partial charge in [-0.3, -0.25) is 4.79 Å². The van der Waals surface area contributed by atoms with E-state index in [1.165, 1.54) is 38.4 Å². The molecular weight excluding hydrogens is 447 g/mol. The number of carbonyl (C=O) groups excluding carboxylic acids is 1. The summed E-state index contributed by atoms with van der Waals surface area (Å²) in [6.07, 6.45) is 0. The normalized spacial score (nSPS) is 11.3. The van der Waals surface area contributed by atoms with Crippen LogP contribution in [0.15, 0.2) is 77.7 Å². The lowest BCUT2D eigenvalue weighted by molar-refractivity contribution is -0.121. The fourth-order valence-electron chi connectivity index (χ4n) is 2.92. The Morgan fingerprint density at radius 2 is 1.48 bits per heavy atom. The van der Waals surface area contributed by atoms with Gasteiger partial charge in [-0.2, -0.15) is 4.31 Å².